The molecule has 1 fully saturated rings. The first kappa shape index (κ1) is 22.4. The Balaban J connectivity index is 3.59. The number of nitrogens with zero attached hydrogens (tertiary/aromatic N) is 2. The fourth-order valence-electron chi connectivity index (χ4n) is 3.89. The van der Waals surface area contributed by atoms with E-state index in [9.17, 15) is 14.4 Å². The summed E-state index contributed by atoms with van der Waals surface area (Å²) in [7, 11) is 0. The largest absolute Gasteiger partial charge is 0.334 e. The Morgan fingerprint density at radius 1 is 0.923 bits per heavy atom. The molecule has 0 aromatic carbocycles. The molecule has 0 radical (unpaired) electrons. The number of amides is 4. The van der Waals surface area contributed by atoms with Crippen LogP contribution in [-0.4, -0.2) is 38.7 Å². The Kier molecular flexibility index (Phi) is 6.83. The summed E-state index contributed by atoms with van der Waals surface area (Å²) in [4.78, 5) is 42.8. The summed E-state index contributed by atoms with van der Waals surface area (Å²) in [5.74, 6) is -0.714. The van der Waals surface area contributed by atoms with Crippen molar-refractivity contribution >= 4 is 17.8 Å². The average Bonchev–Trinajstić information content (AvgIpc) is 2.53. The number of carbonyl (C=O) groups is 3. The molecular formula is C21H36N2O3. The Morgan fingerprint density at radius 3 is 1.85 bits per heavy atom. The lowest BCUT2D eigenvalue weighted by Gasteiger charge is -2.52. The predicted molar refractivity (Wildman–Crippen MR) is 105 cm³/mol. The lowest BCUT2D eigenvalue weighted by molar-refractivity contribution is -0.165. The molecule has 5 heteroatoms. The van der Waals surface area contributed by atoms with E-state index >= 15 is 0 Å². The number of rotatable bonds is 8. The van der Waals surface area contributed by atoms with Gasteiger partial charge in [-0.2, -0.15) is 0 Å². The van der Waals surface area contributed by atoms with Crippen molar-refractivity contribution < 1.29 is 14.4 Å². The monoisotopic (exact) mass is 364 g/mol. The highest BCUT2D eigenvalue weighted by molar-refractivity contribution is 6.19. The van der Waals surface area contributed by atoms with E-state index in [0.717, 1.165) is 19.3 Å². The molecule has 0 saturated carbocycles. The first-order chi connectivity index (χ1) is 12.0. The molecule has 148 valence electrons. The highest BCUT2D eigenvalue weighted by atomic mass is 16.2. The number of hydrogen-bond acceptors (Lipinski definition) is 3. The van der Waals surface area contributed by atoms with Crippen LogP contribution in [0.5, 0.6) is 0 Å². The van der Waals surface area contributed by atoms with Crippen molar-refractivity contribution in [1.29, 1.82) is 0 Å². The zero-order valence-electron chi connectivity index (χ0n) is 17.8. The topological polar surface area (TPSA) is 57.7 Å². The van der Waals surface area contributed by atoms with Crippen molar-refractivity contribution in [3.63, 3.8) is 0 Å². The van der Waals surface area contributed by atoms with E-state index in [2.05, 4.69) is 6.92 Å². The molecule has 0 bridgehead atoms. The van der Waals surface area contributed by atoms with E-state index in [4.69, 9.17) is 0 Å². The number of imide groups is 2. The normalized spacial score (nSPS) is 19.0. The van der Waals surface area contributed by atoms with Gasteiger partial charge in [0, 0.05) is 5.54 Å². The third-order valence-corrected chi connectivity index (χ3v) is 5.71. The van der Waals surface area contributed by atoms with Crippen LogP contribution in [0.15, 0.2) is 12.2 Å². The van der Waals surface area contributed by atoms with E-state index in [0.29, 0.717) is 12.8 Å². The third-order valence-electron chi connectivity index (χ3n) is 5.71. The van der Waals surface area contributed by atoms with Crippen LogP contribution in [0, 0.1) is 5.41 Å². The maximum atomic E-state index is 13.4. The second-order valence-corrected chi connectivity index (χ2v) is 8.42. The number of unbranched alkanes of at least 4 members (excludes halogenated alkanes) is 1. The van der Waals surface area contributed by atoms with E-state index in [1.165, 1.54) is 9.80 Å². The molecule has 1 saturated heterocycles. The fraction of sp³-hybridized carbons (Fsp3) is 0.762. The molecule has 0 atom stereocenters. The van der Waals surface area contributed by atoms with Crippen LogP contribution in [0.3, 0.4) is 0 Å². The van der Waals surface area contributed by atoms with Crippen molar-refractivity contribution in [3.8, 4) is 0 Å². The lowest BCUT2D eigenvalue weighted by Crippen LogP contribution is -2.72. The van der Waals surface area contributed by atoms with Crippen LogP contribution in [0.4, 0.5) is 4.79 Å². The maximum Gasteiger partial charge on any atom is 0.334 e. The standard InChI is InChI=1S/C21H36N2O3/c1-9-13-15-20(7,8)23-17(25)21(11-3,12-4)16(24)22(18(23)26)19(5,6)14-10-2/h10,14H,9,11-13,15H2,1-8H3/b14-10-. The highest BCUT2D eigenvalue weighted by Crippen LogP contribution is 2.42. The van der Waals surface area contributed by atoms with Crippen LogP contribution in [0.1, 0.15) is 87.5 Å². The van der Waals surface area contributed by atoms with Gasteiger partial charge in [-0.25, -0.2) is 4.79 Å². The van der Waals surface area contributed by atoms with Gasteiger partial charge in [0.05, 0.1) is 5.54 Å². The molecule has 0 aromatic rings. The minimum absolute atomic E-state index is 0.342. The van der Waals surface area contributed by atoms with E-state index in [1.807, 2.05) is 60.6 Å². The molecule has 0 aliphatic carbocycles. The van der Waals surface area contributed by atoms with Crippen molar-refractivity contribution in [2.75, 3.05) is 0 Å². The van der Waals surface area contributed by atoms with Crippen molar-refractivity contribution in [3.05, 3.63) is 12.2 Å². The second-order valence-electron chi connectivity index (χ2n) is 8.42. The molecule has 1 aliphatic rings. The van der Waals surface area contributed by atoms with Gasteiger partial charge in [-0.05, 0) is 53.9 Å². The molecule has 1 heterocycles. The molecule has 5 nitrogen and oxygen atoms in total. The molecular weight excluding hydrogens is 328 g/mol. The van der Waals surface area contributed by atoms with E-state index in [1.54, 1.807) is 0 Å². The van der Waals surface area contributed by atoms with Gasteiger partial charge >= 0.3 is 6.03 Å². The van der Waals surface area contributed by atoms with Crippen LogP contribution < -0.4 is 0 Å². The van der Waals surface area contributed by atoms with Gasteiger partial charge in [-0.1, -0.05) is 45.8 Å². The summed E-state index contributed by atoms with van der Waals surface area (Å²) in [6.45, 7) is 15.2. The first-order valence-corrected chi connectivity index (χ1v) is 9.84. The van der Waals surface area contributed by atoms with Gasteiger partial charge in [0.15, 0.2) is 0 Å². The van der Waals surface area contributed by atoms with Crippen molar-refractivity contribution in [1.82, 2.24) is 9.80 Å². The molecule has 1 rings (SSSR count). The van der Waals surface area contributed by atoms with Gasteiger partial charge in [0.25, 0.3) is 0 Å². The molecule has 1 aliphatic heterocycles. The minimum atomic E-state index is -1.17. The molecule has 0 unspecified atom stereocenters. The van der Waals surface area contributed by atoms with Gasteiger partial charge in [0.1, 0.15) is 5.41 Å². The van der Waals surface area contributed by atoms with E-state index < -0.39 is 22.5 Å². The number of carbonyl (C=O) groups excluding carboxylic acids is 3. The van der Waals surface area contributed by atoms with Gasteiger partial charge in [-0.15, -0.1) is 0 Å². The van der Waals surface area contributed by atoms with Crippen molar-refractivity contribution in [2.45, 2.75) is 98.6 Å². The van der Waals surface area contributed by atoms with Crippen LogP contribution in [0.25, 0.3) is 0 Å². The van der Waals surface area contributed by atoms with Crippen molar-refractivity contribution in [2.24, 2.45) is 5.41 Å². The summed E-state index contributed by atoms with van der Waals surface area (Å²) in [5.41, 5.74) is -2.60. The maximum absolute atomic E-state index is 13.4. The molecule has 26 heavy (non-hydrogen) atoms. The Morgan fingerprint density at radius 2 is 1.42 bits per heavy atom. The lowest BCUT2D eigenvalue weighted by atomic mass is 9.75. The first-order valence-electron chi connectivity index (χ1n) is 9.84. The van der Waals surface area contributed by atoms with Gasteiger partial charge in [0.2, 0.25) is 11.8 Å². The van der Waals surface area contributed by atoms with Crippen LogP contribution >= 0.6 is 0 Å². The van der Waals surface area contributed by atoms with Crippen LogP contribution in [-0.2, 0) is 9.59 Å². The fourth-order valence-corrected chi connectivity index (χ4v) is 3.89. The number of barbiturate groups is 1. The summed E-state index contributed by atoms with van der Waals surface area (Å²) >= 11 is 0. The summed E-state index contributed by atoms with van der Waals surface area (Å²) < 4.78 is 0. The minimum Gasteiger partial charge on any atom is -0.273 e. The van der Waals surface area contributed by atoms with Gasteiger partial charge in [-0.3, -0.25) is 19.4 Å². The SMILES string of the molecule is C/C=C\C(C)(C)N1C(=O)N(C(C)(C)CCCC)C(=O)C(CC)(CC)C1=O. The number of hydrogen-bond donors (Lipinski definition) is 0. The molecule has 4 amide bonds. The molecule has 0 N–H and O–H groups in total. The predicted octanol–water partition coefficient (Wildman–Crippen LogP) is 4.91. The zero-order chi connectivity index (χ0) is 20.3. The van der Waals surface area contributed by atoms with Gasteiger partial charge < -0.3 is 0 Å². The quantitative estimate of drug-likeness (QED) is 0.454. The van der Waals surface area contributed by atoms with Crippen LogP contribution in [0.2, 0.25) is 0 Å². The second kappa shape index (κ2) is 7.93. The molecule has 0 aromatic heterocycles. The Labute approximate surface area is 158 Å². The summed E-state index contributed by atoms with van der Waals surface area (Å²) in [6, 6.07) is -0.498. The summed E-state index contributed by atoms with van der Waals surface area (Å²) in [6.07, 6.45) is 7.07. The third kappa shape index (κ3) is 3.58. The van der Waals surface area contributed by atoms with E-state index in [-0.39, 0.29) is 11.8 Å². The zero-order valence-corrected chi connectivity index (χ0v) is 17.8. The molecule has 0 spiro atoms. The smallest absolute Gasteiger partial charge is 0.273 e. The summed E-state index contributed by atoms with van der Waals surface area (Å²) in [5, 5.41) is 0. The number of allylic oxidation sites excluding steroid dienone is 1. The Hall–Kier alpha value is -1.65. The highest BCUT2D eigenvalue weighted by Gasteiger charge is 2.60. The average molecular weight is 365 g/mol. The number of urea groups is 1. The Bertz CT molecular complexity index is 586.